The Kier molecular flexibility index (Phi) is 5.43. The molecule has 0 spiro atoms. The van der Waals surface area contributed by atoms with E-state index < -0.39 is 0 Å². The van der Waals surface area contributed by atoms with E-state index >= 15 is 0 Å². The van der Waals surface area contributed by atoms with Gasteiger partial charge in [0, 0.05) is 5.25 Å². The van der Waals surface area contributed by atoms with Crippen LogP contribution < -0.4 is 0 Å². The fraction of sp³-hybridized carbons (Fsp3) is 0.833. The Balaban J connectivity index is 3.26. The van der Waals surface area contributed by atoms with Gasteiger partial charge in [0.25, 0.3) is 0 Å². The molecule has 0 saturated heterocycles. The van der Waals surface area contributed by atoms with E-state index in [2.05, 4.69) is 4.74 Å². The van der Waals surface area contributed by atoms with Crippen LogP contribution in [0.15, 0.2) is 0 Å². The molecule has 10 heavy (non-hydrogen) atoms. The predicted molar refractivity (Wildman–Crippen MR) is 41.0 cm³/mol. The summed E-state index contributed by atoms with van der Waals surface area (Å²) < 4.78 is 4.40. The third-order valence-corrected chi connectivity index (χ3v) is 2.09. The average Bonchev–Trinajstić information content (AvgIpc) is 1.99. The normalized spacial score (nSPS) is 12.7. The third kappa shape index (κ3) is 4.64. The molecular formula is C6H12O3S. The molecule has 60 valence electrons. The van der Waals surface area contributed by atoms with Crippen molar-refractivity contribution < 1.29 is 14.6 Å². The highest BCUT2D eigenvalue weighted by Gasteiger charge is 2.04. The van der Waals surface area contributed by atoms with Crippen molar-refractivity contribution in [3.05, 3.63) is 0 Å². The molecule has 0 bridgehead atoms. The van der Waals surface area contributed by atoms with Gasteiger partial charge in [-0.05, 0) is 0 Å². The maximum Gasteiger partial charge on any atom is 0.315 e. The molecule has 0 fully saturated rings. The molecule has 1 unspecified atom stereocenters. The zero-order chi connectivity index (χ0) is 7.98. The molecule has 0 aromatic heterocycles. The fourth-order valence-corrected chi connectivity index (χ4v) is 0.966. The van der Waals surface area contributed by atoms with E-state index in [-0.39, 0.29) is 17.8 Å². The maximum atomic E-state index is 10.5. The first kappa shape index (κ1) is 9.78. The summed E-state index contributed by atoms with van der Waals surface area (Å²) in [5, 5.41) is 8.66. The summed E-state index contributed by atoms with van der Waals surface area (Å²) in [7, 11) is 1.35. The minimum atomic E-state index is -0.245. The van der Waals surface area contributed by atoms with E-state index in [1.165, 1.54) is 18.9 Å². The van der Waals surface area contributed by atoms with Crippen LogP contribution in [-0.2, 0) is 9.53 Å². The van der Waals surface area contributed by atoms with Crippen LogP contribution in [0, 0.1) is 0 Å². The fourth-order valence-electron chi connectivity index (χ4n) is 0.322. The number of hydrogen-bond acceptors (Lipinski definition) is 4. The number of ether oxygens (including phenoxy) is 1. The first-order chi connectivity index (χ1) is 4.70. The van der Waals surface area contributed by atoms with Crippen LogP contribution in [0.1, 0.15) is 6.92 Å². The molecule has 0 amide bonds. The number of methoxy groups -OCH3 is 1. The highest BCUT2D eigenvalue weighted by molar-refractivity contribution is 8.00. The van der Waals surface area contributed by atoms with Gasteiger partial charge in [-0.15, -0.1) is 11.8 Å². The lowest BCUT2D eigenvalue weighted by molar-refractivity contribution is -0.137. The molecule has 0 aliphatic heterocycles. The van der Waals surface area contributed by atoms with Crippen molar-refractivity contribution in [3.63, 3.8) is 0 Å². The van der Waals surface area contributed by atoms with Gasteiger partial charge in [-0.3, -0.25) is 4.79 Å². The van der Waals surface area contributed by atoms with E-state index in [9.17, 15) is 4.79 Å². The number of carbonyl (C=O) groups excluding carboxylic acids is 1. The largest absolute Gasteiger partial charge is 0.468 e. The first-order valence-electron chi connectivity index (χ1n) is 3.00. The number of aliphatic hydroxyl groups excluding tert-OH is 1. The number of esters is 1. The van der Waals surface area contributed by atoms with Gasteiger partial charge in [-0.1, -0.05) is 6.92 Å². The minimum Gasteiger partial charge on any atom is -0.468 e. The van der Waals surface area contributed by atoms with Gasteiger partial charge in [0.1, 0.15) is 0 Å². The van der Waals surface area contributed by atoms with Gasteiger partial charge in [-0.2, -0.15) is 0 Å². The summed E-state index contributed by atoms with van der Waals surface area (Å²) in [4.78, 5) is 10.5. The van der Waals surface area contributed by atoms with Crippen molar-refractivity contribution >= 4 is 17.7 Å². The molecule has 1 N–H and O–H groups in total. The topological polar surface area (TPSA) is 46.5 Å². The smallest absolute Gasteiger partial charge is 0.315 e. The molecule has 0 heterocycles. The van der Waals surface area contributed by atoms with E-state index in [0.29, 0.717) is 5.75 Å². The number of hydrogen-bond donors (Lipinski definition) is 1. The molecule has 0 aromatic carbocycles. The average molecular weight is 164 g/mol. The van der Waals surface area contributed by atoms with Crippen LogP contribution in [0.2, 0.25) is 0 Å². The third-order valence-electron chi connectivity index (χ3n) is 0.970. The van der Waals surface area contributed by atoms with Crippen molar-refractivity contribution in [2.45, 2.75) is 12.2 Å². The standard InChI is InChI=1S/C6H12O3S/c1-5(3-7)10-4-6(8)9-2/h5,7H,3-4H2,1-2H3. The summed E-state index contributed by atoms with van der Waals surface area (Å²) in [6.45, 7) is 1.95. The van der Waals surface area contributed by atoms with Gasteiger partial charge >= 0.3 is 5.97 Å². The molecule has 0 radical (unpaired) electrons. The molecule has 0 aliphatic carbocycles. The van der Waals surface area contributed by atoms with E-state index in [4.69, 9.17) is 5.11 Å². The van der Waals surface area contributed by atoms with E-state index in [0.717, 1.165) is 0 Å². The van der Waals surface area contributed by atoms with E-state index in [1.807, 2.05) is 6.92 Å². The molecule has 4 heteroatoms. The van der Waals surface area contributed by atoms with Crippen molar-refractivity contribution in [1.29, 1.82) is 0 Å². The van der Waals surface area contributed by atoms with Gasteiger partial charge < -0.3 is 9.84 Å². The SMILES string of the molecule is COC(=O)CSC(C)CO. The number of aliphatic hydroxyl groups is 1. The Bertz CT molecular complexity index is 105. The Morgan fingerprint density at radius 3 is 2.80 bits per heavy atom. The predicted octanol–water partition coefficient (Wildman–Crippen LogP) is 0.273. The Hall–Kier alpha value is -0.220. The molecule has 0 aliphatic rings. The van der Waals surface area contributed by atoms with Crippen LogP contribution in [0.25, 0.3) is 0 Å². The lowest BCUT2D eigenvalue weighted by atomic mass is 10.5. The monoisotopic (exact) mass is 164 g/mol. The minimum absolute atomic E-state index is 0.0989. The Labute approximate surface area is 64.8 Å². The van der Waals surface area contributed by atoms with Crippen LogP contribution >= 0.6 is 11.8 Å². The van der Waals surface area contributed by atoms with Crippen molar-refractivity contribution in [1.82, 2.24) is 0 Å². The molecule has 3 nitrogen and oxygen atoms in total. The van der Waals surface area contributed by atoms with Crippen LogP contribution in [0.3, 0.4) is 0 Å². The van der Waals surface area contributed by atoms with Crippen molar-refractivity contribution in [2.24, 2.45) is 0 Å². The van der Waals surface area contributed by atoms with Gasteiger partial charge in [0.15, 0.2) is 0 Å². The molecule has 0 saturated carbocycles. The van der Waals surface area contributed by atoms with Gasteiger partial charge in [0.05, 0.1) is 19.5 Å². The van der Waals surface area contributed by atoms with Gasteiger partial charge in [0.2, 0.25) is 0 Å². The summed E-state index contributed by atoms with van der Waals surface area (Å²) >= 11 is 1.38. The first-order valence-corrected chi connectivity index (χ1v) is 4.05. The highest BCUT2D eigenvalue weighted by atomic mass is 32.2. The number of thioether (sulfide) groups is 1. The maximum absolute atomic E-state index is 10.5. The summed E-state index contributed by atoms with van der Waals surface area (Å²) in [5.74, 6) is 0.0726. The molecule has 0 aromatic rings. The molecular weight excluding hydrogens is 152 g/mol. The highest BCUT2D eigenvalue weighted by Crippen LogP contribution is 2.08. The molecule has 0 rings (SSSR count). The van der Waals surface area contributed by atoms with E-state index in [1.54, 1.807) is 0 Å². The molecule has 1 atom stereocenters. The number of rotatable bonds is 4. The van der Waals surface area contributed by atoms with Crippen molar-refractivity contribution in [3.8, 4) is 0 Å². The van der Waals surface area contributed by atoms with Gasteiger partial charge in [-0.25, -0.2) is 0 Å². The van der Waals surface area contributed by atoms with Crippen LogP contribution in [-0.4, -0.2) is 35.8 Å². The lowest BCUT2D eigenvalue weighted by Gasteiger charge is -2.04. The second-order valence-electron chi connectivity index (χ2n) is 1.88. The number of carbonyl (C=O) groups is 1. The zero-order valence-corrected chi connectivity index (χ0v) is 6.98. The quantitative estimate of drug-likeness (QED) is 0.606. The Morgan fingerprint density at radius 1 is 1.80 bits per heavy atom. The van der Waals surface area contributed by atoms with Crippen LogP contribution in [0.5, 0.6) is 0 Å². The van der Waals surface area contributed by atoms with Crippen LogP contribution in [0.4, 0.5) is 0 Å². The second-order valence-corrected chi connectivity index (χ2v) is 3.31. The lowest BCUT2D eigenvalue weighted by Crippen LogP contribution is -2.09. The Morgan fingerprint density at radius 2 is 2.40 bits per heavy atom. The summed E-state index contributed by atoms with van der Waals surface area (Å²) in [6.07, 6.45) is 0. The summed E-state index contributed by atoms with van der Waals surface area (Å²) in [5.41, 5.74) is 0. The van der Waals surface area contributed by atoms with Crippen molar-refractivity contribution in [2.75, 3.05) is 19.5 Å². The zero-order valence-electron chi connectivity index (χ0n) is 6.16. The summed E-state index contributed by atoms with van der Waals surface area (Å²) in [6, 6.07) is 0. The second kappa shape index (κ2) is 5.56.